The van der Waals surface area contributed by atoms with Crippen LogP contribution in [0.25, 0.3) is 0 Å². The Labute approximate surface area is 118 Å². The van der Waals surface area contributed by atoms with Crippen LogP contribution in [0.2, 0.25) is 0 Å². The minimum Gasteiger partial charge on any atom is -0.481 e. The number of aliphatic carboxylic acids is 1. The third-order valence-corrected chi connectivity index (χ3v) is 4.15. The molecule has 1 aliphatic carbocycles. The lowest BCUT2D eigenvalue weighted by Gasteiger charge is -2.21. The van der Waals surface area contributed by atoms with Crippen molar-refractivity contribution in [1.82, 2.24) is 10.2 Å². The van der Waals surface area contributed by atoms with Crippen molar-refractivity contribution in [2.75, 3.05) is 13.1 Å². The Morgan fingerprint density at radius 3 is 2.75 bits per heavy atom. The number of nitrogens with zero attached hydrogens (tertiary/aromatic N) is 1. The zero-order valence-electron chi connectivity index (χ0n) is 11.6. The average molecular weight is 282 g/mol. The Morgan fingerprint density at radius 2 is 2.05 bits per heavy atom. The van der Waals surface area contributed by atoms with E-state index in [4.69, 9.17) is 5.11 Å². The van der Waals surface area contributed by atoms with Gasteiger partial charge in [0.15, 0.2) is 0 Å². The Kier molecular flexibility index (Phi) is 4.98. The Bertz CT molecular complexity index is 397. The highest BCUT2D eigenvalue weighted by Gasteiger charge is 2.31. The van der Waals surface area contributed by atoms with Crippen molar-refractivity contribution in [2.24, 2.45) is 5.92 Å². The number of carboxylic acid groups (broad SMARTS) is 1. The summed E-state index contributed by atoms with van der Waals surface area (Å²) in [6.45, 7) is 0.752. The minimum absolute atomic E-state index is 0.0486. The molecule has 1 saturated carbocycles. The summed E-state index contributed by atoms with van der Waals surface area (Å²) in [4.78, 5) is 36.2. The molecular weight excluding hydrogens is 260 g/mol. The van der Waals surface area contributed by atoms with E-state index in [0.717, 1.165) is 19.3 Å². The van der Waals surface area contributed by atoms with Crippen molar-refractivity contribution in [3.63, 3.8) is 0 Å². The summed E-state index contributed by atoms with van der Waals surface area (Å²) in [5, 5.41) is 11.8. The van der Waals surface area contributed by atoms with Gasteiger partial charge in [-0.1, -0.05) is 6.42 Å². The molecule has 1 aliphatic heterocycles. The first kappa shape index (κ1) is 14.8. The lowest BCUT2D eigenvalue weighted by atomic mass is 10.1. The van der Waals surface area contributed by atoms with Gasteiger partial charge in [0.25, 0.3) is 0 Å². The molecule has 6 nitrogen and oxygen atoms in total. The first-order valence-corrected chi connectivity index (χ1v) is 7.36. The van der Waals surface area contributed by atoms with Gasteiger partial charge in [-0.3, -0.25) is 14.4 Å². The van der Waals surface area contributed by atoms with Crippen LogP contribution in [-0.4, -0.2) is 46.9 Å². The smallest absolute Gasteiger partial charge is 0.306 e. The number of carbonyl (C=O) groups excluding carboxylic acids is 2. The Morgan fingerprint density at radius 1 is 1.25 bits per heavy atom. The number of carboxylic acids is 1. The van der Waals surface area contributed by atoms with Crippen molar-refractivity contribution in [3.05, 3.63) is 0 Å². The minimum atomic E-state index is -0.788. The maximum atomic E-state index is 11.9. The quantitative estimate of drug-likeness (QED) is 0.797. The lowest BCUT2D eigenvalue weighted by molar-refractivity contribution is -0.141. The van der Waals surface area contributed by atoms with Crippen LogP contribution < -0.4 is 5.32 Å². The van der Waals surface area contributed by atoms with Gasteiger partial charge < -0.3 is 15.3 Å². The first-order valence-electron chi connectivity index (χ1n) is 7.36. The molecule has 112 valence electrons. The topological polar surface area (TPSA) is 86.7 Å². The average Bonchev–Trinajstić information content (AvgIpc) is 2.76. The van der Waals surface area contributed by atoms with Gasteiger partial charge in [0, 0.05) is 19.0 Å². The second-order valence-corrected chi connectivity index (χ2v) is 5.74. The molecule has 0 bridgehead atoms. The normalized spacial score (nSPS) is 27.2. The molecule has 6 heteroatoms. The molecule has 2 fully saturated rings. The number of amides is 2. The third-order valence-electron chi connectivity index (χ3n) is 4.15. The fourth-order valence-electron chi connectivity index (χ4n) is 2.99. The van der Waals surface area contributed by atoms with Crippen molar-refractivity contribution in [2.45, 2.75) is 51.0 Å². The van der Waals surface area contributed by atoms with E-state index in [9.17, 15) is 14.4 Å². The van der Waals surface area contributed by atoms with Crippen LogP contribution in [0.3, 0.4) is 0 Å². The molecule has 2 rings (SSSR count). The van der Waals surface area contributed by atoms with Gasteiger partial charge in [-0.25, -0.2) is 0 Å². The number of likely N-dealkylation sites (tertiary alicyclic amines) is 1. The molecule has 2 atom stereocenters. The highest BCUT2D eigenvalue weighted by molar-refractivity contribution is 5.85. The van der Waals surface area contributed by atoms with Crippen molar-refractivity contribution in [3.8, 4) is 0 Å². The summed E-state index contributed by atoms with van der Waals surface area (Å²) in [5.41, 5.74) is 0. The fourth-order valence-corrected chi connectivity index (χ4v) is 2.99. The highest BCUT2D eigenvalue weighted by Crippen LogP contribution is 2.25. The maximum absolute atomic E-state index is 11.9. The molecule has 0 aromatic carbocycles. The summed E-state index contributed by atoms with van der Waals surface area (Å²) in [6.07, 6.45) is 5.22. The molecule has 2 aliphatic rings. The van der Waals surface area contributed by atoms with E-state index < -0.39 is 5.97 Å². The van der Waals surface area contributed by atoms with E-state index in [1.165, 1.54) is 0 Å². The SMILES string of the molecule is O=C(CN1CCCCCC1=O)N[C@@H]1CC[C@H](C(=O)O)C1. The molecule has 0 aromatic rings. The largest absolute Gasteiger partial charge is 0.481 e. The molecule has 0 radical (unpaired) electrons. The Balaban J connectivity index is 1.77. The molecule has 20 heavy (non-hydrogen) atoms. The summed E-state index contributed by atoms with van der Waals surface area (Å²) in [7, 11) is 0. The summed E-state index contributed by atoms with van der Waals surface area (Å²) < 4.78 is 0. The zero-order chi connectivity index (χ0) is 14.5. The molecule has 2 amide bonds. The molecule has 0 spiro atoms. The second kappa shape index (κ2) is 6.72. The number of hydrogen-bond donors (Lipinski definition) is 2. The maximum Gasteiger partial charge on any atom is 0.306 e. The Hall–Kier alpha value is -1.59. The molecule has 1 saturated heterocycles. The van der Waals surface area contributed by atoms with E-state index >= 15 is 0 Å². The summed E-state index contributed by atoms with van der Waals surface area (Å²) >= 11 is 0. The number of nitrogens with one attached hydrogen (secondary N) is 1. The predicted octanol–water partition coefficient (Wildman–Crippen LogP) is 0.758. The first-order chi connectivity index (χ1) is 9.56. The van der Waals surface area contributed by atoms with Gasteiger partial charge in [-0.15, -0.1) is 0 Å². The summed E-state index contributed by atoms with van der Waals surface area (Å²) in [6, 6.07) is -0.0642. The number of hydrogen-bond acceptors (Lipinski definition) is 3. The molecular formula is C14H22N2O4. The standard InChI is InChI=1S/C14H22N2O4/c17-12(9-16-7-3-1-2-4-13(16)18)15-11-6-5-10(8-11)14(19)20/h10-11H,1-9H2,(H,15,17)(H,19,20)/t10-,11+/m0/s1. The molecule has 0 aromatic heterocycles. The van der Waals surface area contributed by atoms with Crippen LogP contribution in [0.5, 0.6) is 0 Å². The van der Waals surface area contributed by atoms with Crippen molar-refractivity contribution in [1.29, 1.82) is 0 Å². The van der Waals surface area contributed by atoms with Crippen molar-refractivity contribution < 1.29 is 19.5 Å². The van der Waals surface area contributed by atoms with Gasteiger partial charge >= 0.3 is 5.97 Å². The van der Waals surface area contributed by atoms with Crippen LogP contribution >= 0.6 is 0 Å². The molecule has 0 unspecified atom stereocenters. The van der Waals surface area contributed by atoms with Gasteiger partial charge in [0.2, 0.25) is 11.8 Å². The third kappa shape index (κ3) is 3.95. The van der Waals surface area contributed by atoms with E-state index in [-0.39, 0.29) is 30.3 Å². The van der Waals surface area contributed by atoms with E-state index in [2.05, 4.69) is 5.32 Å². The zero-order valence-corrected chi connectivity index (χ0v) is 11.6. The number of rotatable bonds is 4. The van der Waals surface area contributed by atoms with Crippen LogP contribution in [0.1, 0.15) is 44.9 Å². The molecule has 2 N–H and O–H groups in total. The highest BCUT2D eigenvalue weighted by atomic mass is 16.4. The van der Waals surface area contributed by atoms with Gasteiger partial charge in [0.05, 0.1) is 12.5 Å². The summed E-state index contributed by atoms with van der Waals surface area (Å²) in [5.74, 6) is -1.26. The van der Waals surface area contributed by atoms with Crippen molar-refractivity contribution >= 4 is 17.8 Å². The van der Waals surface area contributed by atoms with Crippen LogP contribution in [-0.2, 0) is 14.4 Å². The van der Waals surface area contributed by atoms with Gasteiger partial charge in [-0.2, -0.15) is 0 Å². The fraction of sp³-hybridized carbons (Fsp3) is 0.786. The van der Waals surface area contributed by atoms with Gasteiger partial charge in [0.1, 0.15) is 0 Å². The van der Waals surface area contributed by atoms with Gasteiger partial charge in [-0.05, 0) is 32.1 Å². The van der Waals surface area contributed by atoms with E-state index in [1.54, 1.807) is 4.90 Å². The second-order valence-electron chi connectivity index (χ2n) is 5.74. The van der Waals surface area contributed by atoms with Crippen LogP contribution in [0, 0.1) is 5.92 Å². The monoisotopic (exact) mass is 282 g/mol. The number of carbonyl (C=O) groups is 3. The molecule has 1 heterocycles. The lowest BCUT2D eigenvalue weighted by Crippen LogP contribution is -2.43. The predicted molar refractivity (Wildman–Crippen MR) is 72.0 cm³/mol. The van der Waals surface area contributed by atoms with Crippen LogP contribution in [0.15, 0.2) is 0 Å². The van der Waals surface area contributed by atoms with E-state index in [0.29, 0.717) is 32.2 Å². The van der Waals surface area contributed by atoms with E-state index in [1.807, 2.05) is 0 Å². The van der Waals surface area contributed by atoms with Crippen LogP contribution in [0.4, 0.5) is 0 Å².